The van der Waals surface area contributed by atoms with E-state index < -0.39 is 29.2 Å². The predicted molar refractivity (Wildman–Crippen MR) is 216 cm³/mol. The van der Waals surface area contributed by atoms with Crippen LogP contribution >= 0.6 is 0 Å². The zero-order chi connectivity index (χ0) is 40.3. The number of amides is 2. The summed E-state index contributed by atoms with van der Waals surface area (Å²) in [5.41, 5.74) is 9.18. The average molecular weight is 762 g/mol. The van der Waals surface area contributed by atoms with E-state index in [-0.39, 0.29) is 24.2 Å². The van der Waals surface area contributed by atoms with E-state index >= 15 is 0 Å². The first kappa shape index (κ1) is 42.0. The Morgan fingerprint density at radius 2 is 1.67 bits per heavy atom. The second kappa shape index (κ2) is 16.9. The quantitative estimate of drug-likeness (QED) is 0.206. The molecule has 302 valence electrons. The summed E-state index contributed by atoms with van der Waals surface area (Å²) in [7, 11) is 2.12. The number of anilines is 1. The van der Waals surface area contributed by atoms with Gasteiger partial charge in [0, 0.05) is 56.9 Å². The molecule has 55 heavy (non-hydrogen) atoms. The lowest BCUT2D eigenvalue weighted by atomic mass is 10.00. The van der Waals surface area contributed by atoms with E-state index in [1.807, 2.05) is 61.5 Å². The van der Waals surface area contributed by atoms with Crippen LogP contribution in [0.1, 0.15) is 92.7 Å². The number of allylic oxidation sites excluding steroid dienone is 3. The SMILES string of the molecule is C=C/C=C(\C=C)CCN(CCCN(C[C@H]1C[C@@H](n2cc(C3=CCN(C)CC3)c3c(N)ncnc32)[C@@H]2OC(C)(C)O[C@H]12)C(=O)OC(C)(C)C)C(=O)OC(C)(C)C. The van der Waals surface area contributed by atoms with Crippen molar-refractivity contribution in [3.8, 4) is 0 Å². The van der Waals surface area contributed by atoms with Crippen LogP contribution in [0, 0.1) is 5.92 Å². The van der Waals surface area contributed by atoms with Crippen molar-refractivity contribution in [1.82, 2.24) is 29.2 Å². The largest absolute Gasteiger partial charge is 0.444 e. The van der Waals surface area contributed by atoms with E-state index in [9.17, 15) is 9.59 Å². The van der Waals surface area contributed by atoms with Gasteiger partial charge in [-0.15, -0.1) is 0 Å². The number of hydrogen-bond donors (Lipinski definition) is 1. The van der Waals surface area contributed by atoms with Crippen LogP contribution in [0.25, 0.3) is 16.6 Å². The second-order valence-corrected chi connectivity index (χ2v) is 17.5. The highest BCUT2D eigenvalue weighted by molar-refractivity contribution is 5.98. The molecular weight excluding hydrogens is 699 g/mol. The predicted octanol–water partition coefficient (Wildman–Crippen LogP) is 7.37. The summed E-state index contributed by atoms with van der Waals surface area (Å²) in [5, 5.41) is 0.849. The topological polar surface area (TPSA) is 138 Å². The molecule has 4 atom stereocenters. The maximum absolute atomic E-state index is 13.9. The number of fused-ring (bicyclic) bond motifs is 2. The first-order valence-corrected chi connectivity index (χ1v) is 19.5. The van der Waals surface area contributed by atoms with Crippen LogP contribution in [-0.4, -0.2) is 117 Å². The van der Waals surface area contributed by atoms with E-state index in [4.69, 9.17) is 29.7 Å². The standard InChI is InChI=1S/C42H63N7O6/c1-12-15-28(13-2)16-23-47(38(50)54-40(3,4)5)19-14-20-48(39(51)55-41(6,7)8)25-30-24-32(35-34(30)52-42(9,10)53-35)49-26-31(29-17-21-46(11)22-18-29)33-36(43)44-27-45-37(33)49/h12-13,15,17,26-27,30,32,34-35H,1-2,14,16,18-25H2,3-11H3,(H2,43,44,45)/b28-15+/t30-,32-,34-,35+/m1/s1. The first-order chi connectivity index (χ1) is 25.8. The monoisotopic (exact) mass is 761 g/mol. The second-order valence-electron chi connectivity index (χ2n) is 17.5. The van der Waals surface area contributed by atoms with Gasteiger partial charge in [-0.05, 0) is 99.3 Å². The fraction of sp³-hybridized carbons (Fsp3) is 0.619. The maximum atomic E-state index is 13.9. The van der Waals surface area contributed by atoms with Crippen LogP contribution in [0.5, 0.6) is 0 Å². The molecule has 0 spiro atoms. The van der Waals surface area contributed by atoms with Crippen molar-refractivity contribution in [3.63, 3.8) is 0 Å². The van der Waals surface area contributed by atoms with Gasteiger partial charge in [0.1, 0.15) is 35.1 Å². The van der Waals surface area contributed by atoms with E-state index in [0.29, 0.717) is 51.3 Å². The van der Waals surface area contributed by atoms with Crippen molar-refractivity contribution in [1.29, 1.82) is 0 Å². The molecule has 0 radical (unpaired) electrons. The summed E-state index contributed by atoms with van der Waals surface area (Å²) in [6.07, 6.45) is 12.5. The Hall–Kier alpha value is -4.20. The Balaban J connectivity index is 1.41. The number of nitrogen functional groups attached to an aromatic ring is 1. The molecule has 1 saturated carbocycles. The lowest BCUT2D eigenvalue weighted by molar-refractivity contribution is -0.160. The fourth-order valence-electron chi connectivity index (χ4n) is 7.74. The number of rotatable bonds is 13. The van der Waals surface area contributed by atoms with E-state index in [2.05, 4.69) is 46.9 Å². The highest BCUT2D eigenvalue weighted by Crippen LogP contribution is 2.49. The molecule has 4 heterocycles. The molecular formula is C42H63N7O6. The van der Waals surface area contributed by atoms with Crippen molar-refractivity contribution in [2.24, 2.45) is 5.92 Å². The van der Waals surface area contributed by atoms with Gasteiger partial charge in [-0.2, -0.15) is 0 Å². The lowest BCUT2D eigenvalue weighted by Crippen LogP contribution is -2.44. The van der Waals surface area contributed by atoms with Crippen molar-refractivity contribution in [3.05, 3.63) is 61.1 Å². The molecule has 1 saturated heterocycles. The van der Waals surface area contributed by atoms with Gasteiger partial charge in [-0.3, -0.25) is 0 Å². The minimum Gasteiger partial charge on any atom is -0.444 e. The van der Waals surface area contributed by atoms with Crippen molar-refractivity contribution >= 4 is 34.6 Å². The highest BCUT2D eigenvalue weighted by Gasteiger charge is 2.55. The van der Waals surface area contributed by atoms with Gasteiger partial charge >= 0.3 is 12.2 Å². The molecule has 2 fully saturated rings. The summed E-state index contributed by atoms with van der Waals surface area (Å²) in [6.45, 7) is 26.0. The van der Waals surface area contributed by atoms with Crippen LogP contribution in [0.15, 0.2) is 55.6 Å². The molecule has 2 N–H and O–H groups in total. The first-order valence-electron chi connectivity index (χ1n) is 19.5. The molecule has 0 aromatic carbocycles. The third-order valence-corrected chi connectivity index (χ3v) is 10.2. The molecule has 3 aliphatic rings. The van der Waals surface area contributed by atoms with Gasteiger partial charge < -0.3 is 43.9 Å². The van der Waals surface area contributed by atoms with Gasteiger partial charge in [0.2, 0.25) is 0 Å². The van der Waals surface area contributed by atoms with Crippen LogP contribution in [0.4, 0.5) is 15.4 Å². The summed E-state index contributed by atoms with van der Waals surface area (Å²) in [4.78, 5) is 42.1. The van der Waals surface area contributed by atoms with Crippen molar-refractivity contribution < 1.29 is 28.5 Å². The normalized spacial score (nSPS) is 22.9. The number of carbonyl (C=O) groups excluding carboxylic acids is 2. The number of aromatic nitrogens is 3. The molecule has 13 heteroatoms. The Bertz CT molecular complexity index is 1780. The summed E-state index contributed by atoms with van der Waals surface area (Å²) in [6, 6.07) is -0.139. The molecule has 2 aromatic heterocycles. The number of nitrogens with two attached hydrogens (primary N) is 1. The van der Waals surface area contributed by atoms with Gasteiger partial charge in [-0.25, -0.2) is 19.6 Å². The van der Waals surface area contributed by atoms with Crippen LogP contribution < -0.4 is 5.73 Å². The molecule has 0 unspecified atom stereocenters. The third-order valence-electron chi connectivity index (χ3n) is 10.2. The molecule has 2 aromatic rings. The number of carbonyl (C=O) groups is 2. The van der Waals surface area contributed by atoms with Gasteiger partial charge in [0.25, 0.3) is 0 Å². The molecule has 0 bridgehead atoms. The van der Waals surface area contributed by atoms with Crippen LogP contribution in [0.2, 0.25) is 0 Å². The minimum atomic E-state index is -0.822. The Labute approximate surface area is 327 Å². The molecule has 13 nitrogen and oxygen atoms in total. The molecule has 2 amide bonds. The van der Waals surface area contributed by atoms with Gasteiger partial charge in [-0.1, -0.05) is 37.5 Å². The zero-order valence-electron chi connectivity index (χ0n) is 34.5. The summed E-state index contributed by atoms with van der Waals surface area (Å²) < 4.78 is 27.2. The van der Waals surface area contributed by atoms with E-state index in [1.165, 1.54) is 11.9 Å². The number of ether oxygens (including phenoxy) is 4. The van der Waals surface area contributed by atoms with E-state index in [0.717, 1.165) is 41.7 Å². The Morgan fingerprint density at radius 3 is 2.29 bits per heavy atom. The van der Waals surface area contributed by atoms with Crippen LogP contribution in [0.3, 0.4) is 0 Å². The average Bonchev–Trinajstić information content (AvgIpc) is 3.72. The van der Waals surface area contributed by atoms with Gasteiger partial charge in [0.15, 0.2) is 5.79 Å². The maximum Gasteiger partial charge on any atom is 0.410 e. The molecule has 5 rings (SSSR count). The third kappa shape index (κ3) is 10.6. The zero-order valence-corrected chi connectivity index (χ0v) is 34.5. The summed E-state index contributed by atoms with van der Waals surface area (Å²) in [5.74, 6) is -0.465. The van der Waals surface area contributed by atoms with Crippen molar-refractivity contribution in [2.45, 2.75) is 116 Å². The Morgan fingerprint density at radius 1 is 1.02 bits per heavy atom. The number of likely N-dealkylation sites (N-methyl/N-ethyl adjacent to an activating group) is 1. The number of hydrogen-bond acceptors (Lipinski definition) is 10. The van der Waals surface area contributed by atoms with Crippen molar-refractivity contribution in [2.75, 3.05) is 52.0 Å². The Kier molecular flexibility index (Phi) is 12.9. The number of nitrogens with zero attached hydrogens (tertiary/aromatic N) is 6. The smallest absolute Gasteiger partial charge is 0.410 e. The summed E-state index contributed by atoms with van der Waals surface area (Å²) >= 11 is 0. The fourth-order valence-corrected chi connectivity index (χ4v) is 7.74. The lowest BCUT2D eigenvalue weighted by Gasteiger charge is -2.32. The van der Waals surface area contributed by atoms with Crippen LogP contribution in [-0.2, 0) is 18.9 Å². The van der Waals surface area contributed by atoms with E-state index in [1.54, 1.807) is 22.0 Å². The van der Waals surface area contributed by atoms with Gasteiger partial charge in [0.05, 0.1) is 17.5 Å². The molecule has 2 aliphatic heterocycles. The highest BCUT2D eigenvalue weighted by atomic mass is 16.8. The minimum absolute atomic E-state index is 0.0897. The molecule has 1 aliphatic carbocycles.